The predicted molar refractivity (Wildman–Crippen MR) is 59.0 cm³/mol. The Bertz CT molecular complexity index is 436. The van der Waals surface area contributed by atoms with Crippen LogP contribution in [0.5, 0.6) is 0 Å². The fourth-order valence-electron chi connectivity index (χ4n) is 1.24. The van der Waals surface area contributed by atoms with E-state index >= 15 is 0 Å². The average Bonchev–Trinajstić information content (AvgIpc) is 2.15. The lowest BCUT2D eigenvalue weighted by atomic mass is 10.2. The van der Waals surface area contributed by atoms with Crippen molar-refractivity contribution in [2.24, 2.45) is 0 Å². The molecule has 1 rings (SSSR count). The lowest BCUT2D eigenvalue weighted by molar-refractivity contribution is -0.384. The molecule has 0 aliphatic heterocycles. The normalized spacial score (nSPS) is 9.88. The number of nitrogens with zero attached hydrogens (tertiary/aromatic N) is 2. The molecule has 0 aliphatic carbocycles. The molecule has 1 N–H and O–H groups in total. The molecule has 16 heavy (non-hydrogen) atoms. The van der Waals surface area contributed by atoms with Crippen molar-refractivity contribution >= 4 is 28.9 Å². The molecule has 6 nitrogen and oxygen atoms in total. The molecule has 0 unspecified atom stereocenters. The Labute approximate surface area is 96.2 Å². The highest BCUT2D eigenvalue weighted by Crippen LogP contribution is 2.30. The van der Waals surface area contributed by atoms with E-state index < -0.39 is 10.9 Å². The van der Waals surface area contributed by atoms with Gasteiger partial charge in [0.15, 0.2) is 0 Å². The van der Waals surface area contributed by atoms with Gasteiger partial charge in [-0.2, -0.15) is 0 Å². The Balaban J connectivity index is 3.13. The highest BCUT2D eigenvalue weighted by molar-refractivity contribution is 6.31. The van der Waals surface area contributed by atoms with Crippen molar-refractivity contribution in [3.05, 3.63) is 33.3 Å². The number of nitro benzene ring substituents is 1. The third-order valence-corrected chi connectivity index (χ3v) is 2.15. The molecular weight excluding hydrogens is 236 g/mol. The lowest BCUT2D eigenvalue weighted by Gasteiger charge is -2.16. The van der Waals surface area contributed by atoms with Crippen LogP contribution < -0.4 is 4.90 Å². The molecule has 0 atom stereocenters. The molecule has 0 heterocycles. The van der Waals surface area contributed by atoms with E-state index in [9.17, 15) is 14.9 Å². The first-order chi connectivity index (χ1) is 7.41. The van der Waals surface area contributed by atoms with Crippen LogP contribution >= 0.6 is 11.6 Å². The van der Waals surface area contributed by atoms with Crippen molar-refractivity contribution in [2.45, 2.75) is 0 Å². The highest BCUT2D eigenvalue weighted by Gasteiger charge is 2.18. The number of rotatable bonds is 4. The zero-order valence-electron chi connectivity index (χ0n) is 8.38. The van der Waals surface area contributed by atoms with Crippen LogP contribution in [-0.2, 0) is 4.79 Å². The quantitative estimate of drug-likeness (QED) is 0.645. The van der Waals surface area contributed by atoms with Crippen LogP contribution in [0.1, 0.15) is 0 Å². The number of likely N-dealkylation sites (N-methyl/N-ethyl adjacent to an activating group) is 1. The number of carboxylic acid groups (broad SMARTS) is 1. The number of nitro groups is 1. The van der Waals surface area contributed by atoms with Crippen molar-refractivity contribution in [3.8, 4) is 0 Å². The molecule has 86 valence electrons. The van der Waals surface area contributed by atoms with Crippen molar-refractivity contribution in [3.63, 3.8) is 0 Å². The molecule has 0 amide bonds. The first-order valence-corrected chi connectivity index (χ1v) is 4.66. The van der Waals surface area contributed by atoms with Gasteiger partial charge in [-0.05, 0) is 12.1 Å². The van der Waals surface area contributed by atoms with Crippen molar-refractivity contribution < 1.29 is 14.8 Å². The number of benzene rings is 1. The van der Waals surface area contributed by atoms with Crippen LogP contribution in [0.3, 0.4) is 0 Å². The SMILES string of the molecule is CN(CC(=O)O)c1cc(Cl)ccc1[N+](=O)[O-]. The van der Waals surface area contributed by atoms with Gasteiger partial charge in [0.05, 0.1) is 4.92 Å². The Hall–Kier alpha value is -1.82. The summed E-state index contributed by atoms with van der Waals surface area (Å²) in [7, 11) is 1.45. The maximum absolute atomic E-state index is 10.7. The Morgan fingerprint density at radius 2 is 2.25 bits per heavy atom. The van der Waals surface area contributed by atoms with Gasteiger partial charge in [-0.3, -0.25) is 14.9 Å². The number of hydrogen-bond donors (Lipinski definition) is 1. The van der Waals surface area contributed by atoms with Gasteiger partial charge in [-0.25, -0.2) is 0 Å². The van der Waals surface area contributed by atoms with Crippen LogP contribution in [0.2, 0.25) is 5.02 Å². The number of aliphatic carboxylic acids is 1. The van der Waals surface area contributed by atoms with Crippen LogP contribution in [0.15, 0.2) is 18.2 Å². The molecule has 1 aromatic carbocycles. The largest absolute Gasteiger partial charge is 0.480 e. The van der Waals surface area contributed by atoms with Crippen LogP contribution in [0.25, 0.3) is 0 Å². The minimum Gasteiger partial charge on any atom is -0.480 e. The zero-order valence-corrected chi connectivity index (χ0v) is 9.14. The van der Waals surface area contributed by atoms with Crippen LogP contribution in [-0.4, -0.2) is 29.6 Å². The van der Waals surface area contributed by atoms with E-state index in [0.29, 0.717) is 5.02 Å². The average molecular weight is 245 g/mol. The summed E-state index contributed by atoms with van der Waals surface area (Å²) >= 11 is 5.71. The predicted octanol–water partition coefficient (Wildman–Crippen LogP) is 1.77. The molecule has 0 aliphatic rings. The monoisotopic (exact) mass is 244 g/mol. The molecular formula is C9H9ClN2O4. The Morgan fingerprint density at radius 3 is 2.75 bits per heavy atom. The van der Waals surface area contributed by atoms with Gasteiger partial charge in [-0.15, -0.1) is 0 Å². The summed E-state index contributed by atoms with van der Waals surface area (Å²) in [6, 6.07) is 4.00. The summed E-state index contributed by atoms with van der Waals surface area (Å²) in [6.45, 7) is -0.332. The number of carbonyl (C=O) groups is 1. The van der Waals surface area contributed by atoms with Crippen molar-refractivity contribution in [2.75, 3.05) is 18.5 Å². The minimum atomic E-state index is -1.07. The second-order valence-electron chi connectivity index (χ2n) is 3.14. The van der Waals surface area contributed by atoms with Gasteiger partial charge >= 0.3 is 5.97 Å². The first kappa shape index (κ1) is 12.3. The smallest absolute Gasteiger partial charge is 0.323 e. The molecule has 0 saturated heterocycles. The van der Waals surface area contributed by atoms with Crippen LogP contribution in [0.4, 0.5) is 11.4 Å². The molecule has 0 saturated carbocycles. The molecule has 0 bridgehead atoms. The maximum atomic E-state index is 10.7. The topological polar surface area (TPSA) is 83.7 Å². The van der Waals surface area contributed by atoms with E-state index in [1.54, 1.807) is 0 Å². The Kier molecular flexibility index (Phi) is 3.68. The van der Waals surface area contributed by atoms with Gasteiger partial charge in [0, 0.05) is 18.1 Å². The molecule has 0 aromatic heterocycles. The molecule has 0 spiro atoms. The van der Waals surface area contributed by atoms with E-state index in [4.69, 9.17) is 16.7 Å². The second kappa shape index (κ2) is 4.80. The van der Waals surface area contributed by atoms with Gasteiger partial charge in [-0.1, -0.05) is 11.6 Å². The van der Waals surface area contributed by atoms with Gasteiger partial charge < -0.3 is 10.0 Å². The van der Waals surface area contributed by atoms with Gasteiger partial charge in [0.25, 0.3) is 5.69 Å². The number of hydrogen-bond acceptors (Lipinski definition) is 4. The van der Waals surface area contributed by atoms with E-state index in [1.165, 1.54) is 30.1 Å². The summed E-state index contributed by atoms with van der Waals surface area (Å²) in [5, 5.41) is 19.6. The standard InChI is InChI=1S/C9H9ClN2O4/c1-11(5-9(13)14)8-4-6(10)2-3-7(8)12(15)16/h2-4H,5H2,1H3,(H,13,14). The fourth-order valence-corrected chi connectivity index (χ4v) is 1.41. The Morgan fingerprint density at radius 1 is 1.62 bits per heavy atom. The third-order valence-electron chi connectivity index (χ3n) is 1.92. The second-order valence-corrected chi connectivity index (χ2v) is 3.58. The highest BCUT2D eigenvalue weighted by atomic mass is 35.5. The van der Waals surface area contributed by atoms with Gasteiger partial charge in [0.2, 0.25) is 0 Å². The maximum Gasteiger partial charge on any atom is 0.323 e. The molecule has 0 fully saturated rings. The lowest BCUT2D eigenvalue weighted by Crippen LogP contribution is -2.25. The minimum absolute atomic E-state index is 0.173. The summed E-state index contributed by atoms with van der Waals surface area (Å²) in [4.78, 5) is 21.9. The summed E-state index contributed by atoms with van der Waals surface area (Å²) in [5.74, 6) is -1.07. The third kappa shape index (κ3) is 2.83. The summed E-state index contributed by atoms with van der Waals surface area (Å²) < 4.78 is 0. The zero-order chi connectivity index (χ0) is 12.3. The van der Waals surface area contributed by atoms with Crippen molar-refractivity contribution in [1.29, 1.82) is 0 Å². The van der Waals surface area contributed by atoms with Crippen molar-refractivity contribution in [1.82, 2.24) is 0 Å². The van der Waals surface area contributed by atoms with E-state index in [2.05, 4.69) is 0 Å². The number of carboxylic acids is 1. The molecule has 1 aromatic rings. The van der Waals surface area contributed by atoms with E-state index in [0.717, 1.165) is 0 Å². The molecule has 0 radical (unpaired) electrons. The van der Waals surface area contributed by atoms with E-state index in [-0.39, 0.29) is 17.9 Å². The number of anilines is 1. The summed E-state index contributed by atoms with van der Waals surface area (Å²) in [5.41, 5.74) is 0.00745. The molecule has 7 heteroatoms. The first-order valence-electron chi connectivity index (χ1n) is 4.28. The fraction of sp³-hybridized carbons (Fsp3) is 0.222. The summed E-state index contributed by atoms with van der Waals surface area (Å²) in [6.07, 6.45) is 0. The van der Waals surface area contributed by atoms with E-state index in [1.807, 2.05) is 0 Å². The van der Waals surface area contributed by atoms with Gasteiger partial charge in [0.1, 0.15) is 12.2 Å². The van der Waals surface area contributed by atoms with Crippen LogP contribution in [0, 0.1) is 10.1 Å². The number of halogens is 1.